The van der Waals surface area contributed by atoms with Crippen molar-refractivity contribution in [3.8, 4) is 0 Å². The van der Waals surface area contributed by atoms with E-state index in [1.54, 1.807) is 29.0 Å². The van der Waals surface area contributed by atoms with Crippen LogP contribution in [0, 0.1) is 5.92 Å². The summed E-state index contributed by atoms with van der Waals surface area (Å²) in [5.74, 6) is 1.55. The minimum atomic E-state index is 0.0663. The fraction of sp³-hybridized carbons (Fsp3) is 0.250. The summed E-state index contributed by atoms with van der Waals surface area (Å²) in [6.07, 6.45) is 5.27. The number of fused-ring (bicyclic) bond motifs is 2. The van der Waals surface area contributed by atoms with E-state index in [0.29, 0.717) is 11.1 Å². The Kier molecular flexibility index (Phi) is 7.22. The maximum absolute atomic E-state index is 6.49. The van der Waals surface area contributed by atoms with Gasteiger partial charge in [0, 0.05) is 24.2 Å². The van der Waals surface area contributed by atoms with Gasteiger partial charge in [0.1, 0.15) is 23.6 Å². The van der Waals surface area contributed by atoms with E-state index in [-0.39, 0.29) is 6.04 Å². The number of nitrogens with zero attached hydrogens (tertiary/aromatic N) is 5. The van der Waals surface area contributed by atoms with Gasteiger partial charge in [0.05, 0.1) is 20.4 Å². The molecule has 1 fully saturated rings. The van der Waals surface area contributed by atoms with E-state index in [9.17, 15) is 0 Å². The van der Waals surface area contributed by atoms with Crippen LogP contribution in [-0.2, 0) is 0 Å². The Morgan fingerprint density at radius 1 is 0.824 bits per heavy atom. The maximum Gasteiger partial charge on any atom is 0.150 e. The molecule has 4 aromatic heterocycles. The summed E-state index contributed by atoms with van der Waals surface area (Å²) in [5.41, 5.74) is 9.61. The van der Waals surface area contributed by atoms with Crippen molar-refractivity contribution in [1.29, 1.82) is 0 Å². The second kappa shape index (κ2) is 10.5. The van der Waals surface area contributed by atoms with Crippen LogP contribution in [0.5, 0.6) is 0 Å². The number of rotatable bonds is 3. The van der Waals surface area contributed by atoms with Gasteiger partial charge in [-0.3, -0.25) is 0 Å². The molecule has 1 aromatic carbocycles. The smallest absolute Gasteiger partial charge is 0.150 e. The quantitative estimate of drug-likeness (QED) is 0.265. The number of piperidine rings is 1. The summed E-state index contributed by atoms with van der Waals surface area (Å²) >= 11 is 15.0. The lowest BCUT2D eigenvalue weighted by atomic mass is 9.86. The van der Waals surface area contributed by atoms with Crippen LogP contribution in [0.3, 0.4) is 0 Å². The van der Waals surface area contributed by atoms with E-state index in [2.05, 4.69) is 30.2 Å². The van der Waals surface area contributed by atoms with Gasteiger partial charge in [-0.2, -0.15) is 0 Å². The standard InChI is InChI=1S/C18H19ClN4S.C6H3ClN2S/c19-14-3-1-12(2-4-14)16(20)13-5-8-23(9-6-13)18-17-15(7-10-24-17)21-11-22-18;7-6-5-4(1-2-10-5)8-3-9-6/h1-4,7,10-11,13,16H,5-6,8-9,20H2;1-3H. The van der Waals surface area contributed by atoms with Crippen LogP contribution in [0.4, 0.5) is 5.82 Å². The van der Waals surface area contributed by atoms with Crippen molar-refractivity contribution in [3.05, 3.63) is 75.6 Å². The fourth-order valence-corrected chi connectivity index (χ4v) is 6.17. The van der Waals surface area contributed by atoms with Crippen molar-refractivity contribution in [2.45, 2.75) is 18.9 Å². The van der Waals surface area contributed by atoms with Gasteiger partial charge in [0.15, 0.2) is 0 Å². The van der Waals surface area contributed by atoms with Gasteiger partial charge >= 0.3 is 0 Å². The minimum Gasteiger partial charge on any atom is -0.355 e. The summed E-state index contributed by atoms with van der Waals surface area (Å²) in [6, 6.07) is 12.0. The van der Waals surface area contributed by atoms with Gasteiger partial charge in [0.2, 0.25) is 0 Å². The molecule has 0 saturated carbocycles. The minimum absolute atomic E-state index is 0.0663. The number of hydrogen-bond donors (Lipinski definition) is 1. The van der Waals surface area contributed by atoms with E-state index >= 15 is 0 Å². The Morgan fingerprint density at radius 2 is 1.44 bits per heavy atom. The number of halogens is 2. The van der Waals surface area contributed by atoms with Crippen LogP contribution in [0.2, 0.25) is 10.2 Å². The summed E-state index contributed by atoms with van der Waals surface area (Å²) < 4.78 is 2.14. The molecule has 1 atom stereocenters. The number of hydrogen-bond acceptors (Lipinski definition) is 8. The van der Waals surface area contributed by atoms with Gasteiger partial charge in [-0.05, 0) is 59.3 Å². The lowest BCUT2D eigenvalue weighted by molar-refractivity contribution is 0.344. The molecule has 0 amide bonds. The molecule has 174 valence electrons. The molecule has 0 aliphatic carbocycles. The molecule has 1 aliphatic heterocycles. The highest BCUT2D eigenvalue weighted by molar-refractivity contribution is 7.18. The maximum atomic E-state index is 6.49. The highest BCUT2D eigenvalue weighted by Gasteiger charge is 2.26. The van der Waals surface area contributed by atoms with E-state index in [4.69, 9.17) is 28.9 Å². The first-order valence-corrected chi connectivity index (χ1v) is 13.4. The predicted octanol–water partition coefficient (Wildman–Crippen LogP) is 6.61. The molecule has 6 rings (SSSR count). The summed E-state index contributed by atoms with van der Waals surface area (Å²) in [6.45, 7) is 1.96. The summed E-state index contributed by atoms with van der Waals surface area (Å²) in [5, 5.41) is 5.32. The van der Waals surface area contributed by atoms with Gasteiger partial charge in [-0.15, -0.1) is 22.7 Å². The molecule has 0 spiro atoms. The van der Waals surface area contributed by atoms with Crippen molar-refractivity contribution in [3.63, 3.8) is 0 Å². The number of anilines is 1. The Balaban J connectivity index is 0.000000200. The summed E-state index contributed by atoms with van der Waals surface area (Å²) in [7, 11) is 0. The van der Waals surface area contributed by atoms with E-state index in [1.807, 2.05) is 41.8 Å². The third-order valence-corrected chi connectivity index (χ3v) is 8.49. The average Bonchev–Trinajstić information content (AvgIpc) is 3.55. The molecule has 1 aliphatic rings. The average molecular weight is 530 g/mol. The van der Waals surface area contributed by atoms with Crippen LogP contribution < -0.4 is 10.6 Å². The Morgan fingerprint density at radius 3 is 2.12 bits per heavy atom. The van der Waals surface area contributed by atoms with E-state index < -0.39 is 0 Å². The van der Waals surface area contributed by atoms with Crippen molar-refractivity contribution in [2.75, 3.05) is 18.0 Å². The van der Waals surface area contributed by atoms with Gasteiger partial charge < -0.3 is 10.6 Å². The van der Waals surface area contributed by atoms with Gasteiger partial charge in [-0.25, -0.2) is 19.9 Å². The number of benzene rings is 1. The van der Waals surface area contributed by atoms with Crippen LogP contribution in [0.1, 0.15) is 24.4 Å². The van der Waals surface area contributed by atoms with Crippen molar-refractivity contribution >= 4 is 72.1 Å². The fourth-order valence-electron chi connectivity index (χ4n) is 4.19. The van der Waals surface area contributed by atoms with Crippen LogP contribution in [-0.4, -0.2) is 33.0 Å². The molecule has 1 saturated heterocycles. The highest BCUT2D eigenvalue weighted by atomic mass is 35.5. The van der Waals surface area contributed by atoms with Gasteiger partial charge in [-0.1, -0.05) is 35.3 Å². The molecule has 0 bridgehead atoms. The van der Waals surface area contributed by atoms with Crippen molar-refractivity contribution in [2.24, 2.45) is 11.7 Å². The zero-order chi connectivity index (χ0) is 23.5. The third kappa shape index (κ3) is 5.01. The molecule has 1 unspecified atom stereocenters. The Bertz CT molecular complexity index is 1380. The van der Waals surface area contributed by atoms with Gasteiger partial charge in [0.25, 0.3) is 0 Å². The monoisotopic (exact) mass is 528 g/mol. The van der Waals surface area contributed by atoms with Crippen molar-refractivity contribution < 1.29 is 0 Å². The van der Waals surface area contributed by atoms with Crippen LogP contribution >= 0.6 is 45.9 Å². The SMILES string of the molecule is Clc1ncnc2ccsc12.NC(c1ccc(Cl)cc1)C1CCN(c2ncnc3ccsc23)CC1. The number of thiophene rings is 2. The number of aromatic nitrogens is 4. The lowest BCUT2D eigenvalue weighted by Crippen LogP contribution is -2.38. The molecular formula is C24H22Cl2N6S2. The van der Waals surface area contributed by atoms with E-state index in [1.165, 1.54) is 16.6 Å². The van der Waals surface area contributed by atoms with E-state index in [0.717, 1.165) is 52.5 Å². The predicted molar refractivity (Wildman–Crippen MR) is 143 cm³/mol. The van der Waals surface area contributed by atoms with Crippen molar-refractivity contribution in [1.82, 2.24) is 19.9 Å². The molecule has 5 aromatic rings. The first-order valence-electron chi connectivity index (χ1n) is 10.9. The second-order valence-electron chi connectivity index (χ2n) is 8.03. The zero-order valence-corrected chi connectivity index (χ0v) is 21.3. The third-order valence-electron chi connectivity index (χ3n) is 6.03. The Hall–Kier alpha value is -2.36. The Labute approximate surface area is 215 Å². The largest absolute Gasteiger partial charge is 0.355 e. The molecule has 6 nitrogen and oxygen atoms in total. The molecular weight excluding hydrogens is 507 g/mol. The molecule has 10 heteroatoms. The van der Waals surface area contributed by atoms with Crippen LogP contribution in [0.15, 0.2) is 59.8 Å². The number of nitrogens with two attached hydrogens (primary N) is 1. The lowest BCUT2D eigenvalue weighted by Gasteiger charge is -2.35. The molecule has 5 heterocycles. The zero-order valence-electron chi connectivity index (χ0n) is 18.1. The molecule has 34 heavy (non-hydrogen) atoms. The first kappa shape index (κ1) is 23.4. The molecule has 2 N–H and O–H groups in total. The normalized spacial score (nSPS) is 15.3. The second-order valence-corrected chi connectivity index (χ2v) is 10.7. The van der Waals surface area contributed by atoms with Crippen LogP contribution in [0.25, 0.3) is 20.4 Å². The first-order chi connectivity index (χ1) is 16.6. The molecule has 0 radical (unpaired) electrons. The highest BCUT2D eigenvalue weighted by Crippen LogP contribution is 2.34. The summed E-state index contributed by atoms with van der Waals surface area (Å²) in [4.78, 5) is 19.1. The topological polar surface area (TPSA) is 80.8 Å².